The fraction of sp³-hybridized carbons (Fsp3) is 0.231. The number of ketones is 1. The van der Waals surface area contributed by atoms with E-state index in [0.717, 1.165) is 10.0 Å². The van der Waals surface area contributed by atoms with Crippen LogP contribution < -0.4 is 0 Å². The van der Waals surface area contributed by atoms with E-state index in [1.54, 1.807) is 10.7 Å². The molecule has 94 valence electrons. The summed E-state index contributed by atoms with van der Waals surface area (Å²) in [7, 11) is 0. The molecule has 2 aromatic rings. The number of benzene rings is 1. The highest BCUT2D eigenvalue weighted by atomic mass is 79.9. The molecule has 3 nitrogen and oxygen atoms in total. The molecule has 0 radical (unpaired) electrons. The number of aryl methyl sites for hydroxylation is 2. The average molecular weight is 328 g/mol. The van der Waals surface area contributed by atoms with Crippen molar-refractivity contribution in [1.82, 2.24) is 9.78 Å². The number of aromatic nitrogens is 2. The van der Waals surface area contributed by atoms with Crippen LogP contribution in [0.3, 0.4) is 0 Å². The van der Waals surface area contributed by atoms with Crippen molar-refractivity contribution in [1.29, 1.82) is 0 Å². The third-order valence-corrected chi connectivity index (χ3v) is 3.51. The van der Waals surface area contributed by atoms with Gasteiger partial charge >= 0.3 is 0 Å². The van der Waals surface area contributed by atoms with Crippen molar-refractivity contribution in [2.45, 2.75) is 20.4 Å². The van der Waals surface area contributed by atoms with E-state index in [9.17, 15) is 4.79 Å². The molecule has 18 heavy (non-hydrogen) atoms. The monoisotopic (exact) mass is 326 g/mol. The van der Waals surface area contributed by atoms with Gasteiger partial charge < -0.3 is 0 Å². The van der Waals surface area contributed by atoms with E-state index in [1.165, 1.54) is 6.20 Å². The molecule has 1 heterocycles. The summed E-state index contributed by atoms with van der Waals surface area (Å²) in [6.45, 7) is 4.44. The number of hydrogen-bond donors (Lipinski definition) is 0. The summed E-state index contributed by atoms with van der Waals surface area (Å²) >= 11 is 9.42. The number of rotatable bonds is 3. The van der Waals surface area contributed by atoms with Crippen LogP contribution in [0.4, 0.5) is 0 Å². The van der Waals surface area contributed by atoms with Crippen LogP contribution in [0.2, 0.25) is 5.02 Å². The summed E-state index contributed by atoms with van der Waals surface area (Å²) < 4.78 is 2.57. The minimum Gasteiger partial charge on any atom is -0.287 e. The molecule has 0 bridgehead atoms. The highest BCUT2D eigenvalue weighted by molar-refractivity contribution is 9.10. The quantitative estimate of drug-likeness (QED) is 0.802. The lowest BCUT2D eigenvalue weighted by atomic mass is 10.0. The number of hydrogen-bond acceptors (Lipinski definition) is 2. The molecule has 0 fully saturated rings. The molecular weight excluding hydrogens is 316 g/mol. The van der Waals surface area contributed by atoms with E-state index in [4.69, 9.17) is 11.6 Å². The van der Waals surface area contributed by atoms with Gasteiger partial charge in [0.25, 0.3) is 0 Å². The topological polar surface area (TPSA) is 34.9 Å². The zero-order valence-electron chi connectivity index (χ0n) is 10.1. The van der Waals surface area contributed by atoms with Gasteiger partial charge in [0.15, 0.2) is 0 Å². The Morgan fingerprint density at radius 2 is 2.22 bits per heavy atom. The molecular formula is C13H12BrClN2O. The van der Waals surface area contributed by atoms with Gasteiger partial charge in [0.1, 0.15) is 5.69 Å². The number of halogens is 2. The maximum atomic E-state index is 12.5. The predicted octanol–water partition coefficient (Wildman–Crippen LogP) is 3.86. The van der Waals surface area contributed by atoms with Gasteiger partial charge in [0, 0.05) is 16.6 Å². The van der Waals surface area contributed by atoms with Crippen LogP contribution in [-0.2, 0) is 6.54 Å². The van der Waals surface area contributed by atoms with Gasteiger partial charge in [-0.05, 0) is 37.6 Å². The van der Waals surface area contributed by atoms with Crippen LogP contribution in [0.1, 0.15) is 28.5 Å². The number of nitrogens with zero attached hydrogens (tertiary/aromatic N) is 2. The van der Waals surface area contributed by atoms with E-state index in [2.05, 4.69) is 21.0 Å². The Hall–Kier alpha value is -1.13. The van der Waals surface area contributed by atoms with Gasteiger partial charge in [0.05, 0.1) is 11.2 Å². The molecule has 0 N–H and O–H groups in total. The van der Waals surface area contributed by atoms with E-state index in [-0.39, 0.29) is 5.78 Å². The lowest BCUT2D eigenvalue weighted by Crippen LogP contribution is -2.12. The molecule has 0 aliphatic carbocycles. The molecule has 1 aromatic heterocycles. The second-order valence-corrected chi connectivity index (χ2v) is 5.27. The average Bonchev–Trinajstić information content (AvgIpc) is 2.69. The van der Waals surface area contributed by atoms with Crippen LogP contribution in [-0.4, -0.2) is 15.6 Å². The SMILES string of the molecule is CCn1ncc(Cl)c1C(=O)c1ccc(Br)cc1C. The van der Waals surface area contributed by atoms with Crippen LogP contribution in [0.25, 0.3) is 0 Å². The maximum Gasteiger partial charge on any atom is 0.212 e. The van der Waals surface area contributed by atoms with E-state index in [0.29, 0.717) is 22.8 Å². The minimum absolute atomic E-state index is 0.0932. The van der Waals surface area contributed by atoms with Crippen molar-refractivity contribution in [3.05, 3.63) is 50.7 Å². The Labute approximate surface area is 119 Å². The zero-order valence-corrected chi connectivity index (χ0v) is 12.4. The first kappa shape index (κ1) is 13.3. The second kappa shape index (κ2) is 5.24. The van der Waals surface area contributed by atoms with Crippen molar-refractivity contribution >= 4 is 33.3 Å². The summed E-state index contributed by atoms with van der Waals surface area (Å²) in [5.41, 5.74) is 2.01. The Morgan fingerprint density at radius 3 is 2.83 bits per heavy atom. The summed E-state index contributed by atoms with van der Waals surface area (Å²) in [4.78, 5) is 12.5. The number of carbonyl (C=O) groups excluding carboxylic acids is 1. The molecule has 0 atom stereocenters. The second-order valence-electron chi connectivity index (χ2n) is 3.95. The third kappa shape index (κ3) is 2.35. The molecule has 1 aromatic carbocycles. The van der Waals surface area contributed by atoms with Gasteiger partial charge in [-0.2, -0.15) is 5.10 Å². The molecule has 0 amide bonds. The fourth-order valence-corrected chi connectivity index (χ4v) is 2.54. The first-order chi connectivity index (χ1) is 8.54. The largest absolute Gasteiger partial charge is 0.287 e. The highest BCUT2D eigenvalue weighted by Crippen LogP contribution is 2.23. The molecule has 0 saturated heterocycles. The van der Waals surface area contributed by atoms with Crippen LogP contribution in [0.5, 0.6) is 0 Å². The van der Waals surface area contributed by atoms with Crippen LogP contribution in [0, 0.1) is 6.92 Å². The van der Waals surface area contributed by atoms with Crippen molar-refractivity contribution in [2.75, 3.05) is 0 Å². The van der Waals surface area contributed by atoms with Gasteiger partial charge in [0.2, 0.25) is 5.78 Å². The Bertz CT molecular complexity index is 607. The first-order valence-electron chi connectivity index (χ1n) is 5.56. The normalized spacial score (nSPS) is 10.7. The lowest BCUT2D eigenvalue weighted by Gasteiger charge is -2.07. The molecule has 0 saturated carbocycles. The predicted molar refractivity (Wildman–Crippen MR) is 75.2 cm³/mol. The van der Waals surface area contributed by atoms with Gasteiger partial charge in [-0.1, -0.05) is 27.5 Å². The maximum absolute atomic E-state index is 12.5. The fourth-order valence-electron chi connectivity index (χ4n) is 1.84. The van der Waals surface area contributed by atoms with E-state index < -0.39 is 0 Å². The lowest BCUT2D eigenvalue weighted by molar-refractivity contribution is 0.102. The van der Waals surface area contributed by atoms with E-state index in [1.807, 2.05) is 26.0 Å². The summed E-state index contributed by atoms with van der Waals surface area (Å²) in [5, 5.41) is 4.48. The Morgan fingerprint density at radius 1 is 1.50 bits per heavy atom. The molecule has 0 aliphatic rings. The van der Waals surface area contributed by atoms with Crippen molar-refractivity contribution < 1.29 is 4.79 Å². The molecule has 0 spiro atoms. The summed E-state index contributed by atoms with van der Waals surface area (Å²) in [6, 6.07) is 5.56. The van der Waals surface area contributed by atoms with Crippen LogP contribution >= 0.6 is 27.5 Å². The molecule has 0 aliphatic heterocycles. The summed E-state index contributed by atoms with van der Waals surface area (Å²) in [5.74, 6) is -0.0932. The van der Waals surface area contributed by atoms with Gasteiger partial charge in [-0.15, -0.1) is 0 Å². The summed E-state index contributed by atoms with van der Waals surface area (Å²) in [6.07, 6.45) is 1.51. The minimum atomic E-state index is -0.0932. The molecule has 5 heteroatoms. The van der Waals surface area contributed by atoms with Crippen LogP contribution in [0.15, 0.2) is 28.9 Å². The zero-order chi connectivity index (χ0) is 13.3. The Kier molecular flexibility index (Phi) is 3.88. The Balaban J connectivity index is 2.51. The molecule has 2 rings (SSSR count). The van der Waals surface area contributed by atoms with Crippen molar-refractivity contribution in [3.63, 3.8) is 0 Å². The molecule has 0 unspecified atom stereocenters. The van der Waals surface area contributed by atoms with E-state index >= 15 is 0 Å². The van der Waals surface area contributed by atoms with Crippen molar-refractivity contribution in [2.24, 2.45) is 0 Å². The third-order valence-electron chi connectivity index (χ3n) is 2.74. The van der Waals surface area contributed by atoms with Gasteiger partial charge in [-0.3, -0.25) is 9.48 Å². The smallest absolute Gasteiger partial charge is 0.212 e. The number of carbonyl (C=O) groups is 1. The first-order valence-corrected chi connectivity index (χ1v) is 6.73. The highest BCUT2D eigenvalue weighted by Gasteiger charge is 2.19. The van der Waals surface area contributed by atoms with Crippen molar-refractivity contribution in [3.8, 4) is 0 Å². The standard InChI is InChI=1S/C13H12BrClN2O/c1-3-17-12(11(15)7-16-17)13(18)10-5-4-9(14)6-8(10)2/h4-7H,3H2,1-2H3. The van der Waals surface area contributed by atoms with Gasteiger partial charge in [-0.25, -0.2) is 0 Å².